The van der Waals surface area contributed by atoms with Gasteiger partial charge in [-0.3, -0.25) is 14.4 Å². The van der Waals surface area contributed by atoms with Gasteiger partial charge in [-0.1, -0.05) is 0 Å². The maximum atomic E-state index is 12.6. The van der Waals surface area contributed by atoms with Gasteiger partial charge in [0.15, 0.2) is 0 Å². The lowest BCUT2D eigenvalue weighted by Gasteiger charge is -2.21. The van der Waals surface area contributed by atoms with Crippen LogP contribution in [0.4, 0.5) is 5.69 Å². The molecule has 0 spiro atoms. The average molecular weight is 493 g/mol. The molecule has 2 N–H and O–H groups in total. The number of likely N-dealkylation sites (N-methyl/N-ethyl adjacent to an activating group) is 2. The van der Waals surface area contributed by atoms with Crippen molar-refractivity contribution in [2.24, 2.45) is 0 Å². The Labute approximate surface area is 188 Å². The van der Waals surface area contributed by atoms with Gasteiger partial charge < -0.3 is 20.4 Å². The van der Waals surface area contributed by atoms with E-state index in [-0.39, 0.29) is 30.2 Å². The van der Waals surface area contributed by atoms with Crippen LogP contribution in [-0.2, 0) is 4.79 Å². The van der Waals surface area contributed by atoms with Gasteiger partial charge >= 0.3 is 0 Å². The number of anilines is 1. The van der Waals surface area contributed by atoms with Crippen molar-refractivity contribution >= 4 is 50.7 Å². The van der Waals surface area contributed by atoms with E-state index in [2.05, 4.69) is 26.6 Å². The van der Waals surface area contributed by atoms with Gasteiger partial charge in [-0.2, -0.15) is 0 Å². The smallest absolute Gasteiger partial charge is 0.261 e. The van der Waals surface area contributed by atoms with Crippen molar-refractivity contribution in [1.82, 2.24) is 15.5 Å². The van der Waals surface area contributed by atoms with E-state index >= 15 is 0 Å². The van der Waals surface area contributed by atoms with E-state index < -0.39 is 0 Å². The molecule has 1 saturated heterocycles. The van der Waals surface area contributed by atoms with E-state index in [1.54, 1.807) is 35.0 Å². The van der Waals surface area contributed by atoms with Gasteiger partial charge in [-0.15, -0.1) is 11.3 Å². The fourth-order valence-electron chi connectivity index (χ4n) is 3.39. The van der Waals surface area contributed by atoms with Crippen molar-refractivity contribution in [2.45, 2.75) is 19.4 Å². The first-order chi connectivity index (χ1) is 14.3. The number of rotatable bonds is 7. The standard InChI is InChI=1S/C21H25BrN4O3S/c1-13-10-15(4-5-16(13)21(29)25(3)9-8-23-2)26-12-14(11-19(26)27)24-20(28)17-6-7-18(22)30-17/h4-7,10,14,23H,8-9,11-12H2,1-3H3,(H,24,28). The summed E-state index contributed by atoms with van der Waals surface area (Å²) in [5.74, 6) is -0.265. The molecule has 0 bridgehead atoms. The second kappa shape index (κ2) is 9.72. The van der Waals surface area contributed by atoms with Crippen LogP contribution in [0.1, 0.15) is 32.0 Å². The van der Waals surface area contributed by atoms with Crippen molar-refractivity contribution in [3.05, 3.63) is 50.1 Å². The first-order valence-corrected chi connectivity index (χ1v) is 11.3. The first-order valence-electron chi connectivity index (χ1n) is 9.67. The summed E-state index contributed by atoms with van der Waals surface area (Å²) >= 11 is 4.71. The summed E-state index contributed by atoms with van der Waals surface area (Å²) in [6.45, 7) is 3.61. The molecule has 2 aromatic rings. The van der Waals surface area contributed by atoms with Gasteiger partial charge in [0.2, 0.25) is 5.91 Å². The van der Waals surface area contributed by atoms with E-state index in [0.717, 1.165) is 21.6 Å². The molecule has 7 nitrogen and oxygen atoms in total. The van der Waals surface area contributed by atoms with Gasteiger partial charge in [-0.05, 0) is 65.8 Å². The van der Waals surface area contributed by atoms with E-state index in [1.807, 2.05) is 26.1 Å². The van der Waals surface area contributed by atoms with Crippen LogP contribution in [0.15, 0.2) is 34.1 Å². The molecule has 1 unspecified atom stereocenters. The predicted octanol–water partition coefficient (Wildman–Crippen LogP) is 2.65. The lowest BCUT2D eigenvalue weighted by atomic mass is 10.1. The number of nitrogens with zero attached hydrogens (tertiary/aromatic N) is 2. The summed E-state index contributed by atoms with van der Waals surface area (Å²) in [5.41, 5.74) is 2.18. The number of carbonyl (C=O) groups is 3. The number of benzene rings is 1. The van der Waals surface area contributed by atoms with Crippen molar-refractivity contribution in [2.75, 3.05) is 38.6 Å². The van der Waals surface area contributed by atoms with Gasteiger partial charge in [0, 0.05) is 44.4 Å². The quantitative estimate of drug-likeness (QED) is 0.622. The molecule has 3 amide bonds. The Bertz CT molecular complexity index is 961. The van der Waals surface area contributed by atoms with Crippen LogP contribution in [-0.4, -0.2) is 62.4 Å². The van der Waals surface area contributed by atoms with Crippen molar-refractivity contribution < 1.29 is 14.4 Å². The molecule has 0 saturated carbocycles. The molecular weight excluding hydrogens is 468 g/mol. The fourth-order valence-corrected chi connectivity index (χ4v) is 4.68. The summed E-state index contributed by atoms with van der Waals surface area (Å²) < 4.78 is 0.887. The van der Waals surface area contributed by atoms with Crippen LogP contribution in [0.3, 0.4) is 0 Å². The molecule has 160 valence electrons. The largest absolute Gasteiger partial charge is 0.346 e. The van der Waals surface area contributed by atoms with Crippen molar-refractivity contribution in [1.29, 1.82) is 0 Å². The molecule has 1 atom stereocenters. The maximum Gasteiger partial charge on any atom is 0.261 e. The molecule has 9 heteroatoms. The summed E-state index contributed by atoms with van der Waals surface area (Å²) in [6, 6.07) is 8.76. The number of thiophene rings is 1. The maximum absolute atomic E-state index is 12.6. The molecule has 1 aliphatic rings. The minimum atomic E-state index is -0.250. The second-order valence-corrected chi connectivity index (χ2v) is 9.78. The third-order valence-electron chi connectivity index (χ3n) is 5.05. The molecule has 0 radical (unpaired) electrons. The number of amides is 3. The topological polar surface area (TPSA) is 81.8 Å². The third kappa shape index (κ3) is 5.08. The zero-order valence-electron chi connectivity index (χ0n) is 17.2. The molecule has 2 heterocycles. The Kier molecular flexibility index (Phi) is 7.27. The van der Waals surface area contributed by atoms with E-state index in [0.29, 0.717) is 23.5 Å². The highest BCUT2D eigenvalue weighted by Gasteiger charge is 2.32. The summed E-state index contributed by atoms with van der Waals surface area (Å²) in [6.07, 6.45) is 0.255. The highest BCUT2D eigenvalue weighted by molar-refractivity contribution is 9.11. The molecule has 0 aliphatic carbocycles. The third-order valence-corrected chi connectivity index (χ3v) is 6.68. The SMILES string of the molecule is CNCCN(C)C(=O)c1ccc(N2CC(NC(=O)c3ccc(Br)s3)CC2=O)cc1C. The number of nitrogens with one attached hydrogen (secondary N) is 2. The predicted molar refractivity (Wildman–Crippen MR) is 122 cm³/mol. The van der Waals surface area contributed by atoms with Crippen molar-refractivity contribution in [3.63, 3.8) is 0 Å². The molecule has 1 aromatic carbocycles. The summed E-state index contributed by atoms with van der Waals surface area (Å²) in [4.78, 5) is 41.5. The number of hydrogen-bond donors (Lipinski definition) is 2. The monoisotopic (exact) mass is 492 g/mol. The number of halogens is 1. The lowest BCUT2D eigenvalue weighted by Crippen LogP contribution is -2.36. The van der Waals surface area contributed by atoms with Crippen LogP contribution >= 0.6 is 27.3 Å². The Morgan fingerprint density at radius 1 is 1.30 bits per heavy atom. The summed E-state index contributed by atoms with van der Waals surface area (Å²) in [7, 11) is 3.62. The Balaban J connectivity index is 1.67. The minimum Gasteiger partial charge on any atom is -0.346 e. The molecule has 1 fully saturated rings. The van der Waals surface area contributed by atoms with Gasteiger partial charge in [0.25, 0.3) is 11.8 Å². The van der Waals surface area contributed by atoms with Gasteiger partial charge in [0.1, 0.15) is 0 Å². The van der Waals surface area contributed by atoms with Crippen LogP contribution < -0.4 is 15.5 Å². The molecule has 1 aliphatic heterocycles. The van der Waals surface area contributed by atoms with E-state index in [4.69, 9.17) is 0 Å². The first kappa shape index (κ1) is 22.5. The normalized spacial score (nSPS) is 16.1. The summed E-state index contributed by atoms with van der Waals surface area (Å²) in [5, 5.41) is 5.97. The number of aryl methyl sites for hydroxylation is 1. The van der Waals surface area contributed by atoms with Gasteiger partial charge in [-0.25, -0.2) is 0 Å². The number of carbonyl (C=O) groups excluding carboxylic acids is 3. The van der Waals surface area contributed by atoms with Crippen LogP contribution in [0.2, 0.25) is 0 Å². The van der Waals surface area contributed by atoms with Crippen molar-refractivity contribution in [3.8, 4) is 0 Å². The highest BCUT2D eigenvalue weighted by Crippen LogP contribution is 2.26. The van der Waals surface area contributed by atoms with Gasteiger partial charge in [0.05, 0.1) is 14.7 Å². The molecule has 3 rings (SSSR count). The molecular formula is C21H25BrN4O3S. The van der Waals surface area contributed by atoms with E-state index in [9.17, 15) is 14.4 Å². The Morgan fingerprint density at radius 2 is 2.07 bits per heavy atom. The lowest BCUT2D eigenvalue weighted by molar-refractivity contribution is -0.117. The Hall–Kier alpha value is -2.23. The zero-order chi connectivity index (χ0) is 21.8. The van der Waals surface area contributed by atoms with E-state index in [1.165, 1.54) is 11.3 Å². The minimum absolute atomic E-state index is 0.0442. The fraction of sp³-hybridized carbons (Fsp3) is 0.381. The van der Waals surface area contributed by atoms with Crippen LogP contribution in [0, 0.1) is 6.92 Å². The molecule has 1 aromatic heterocycles. The average Bonchev–Trinajstić information content (AvgIpc) is 3.30. The second-order valence-electron chi connectivity index (χ2n) is 7.31. The number of hydrogen-bond acceptors (Lipinski definition) is 5. The zero-order valence-corrected chi connectivity index (χ0v) is 19.6. The van der Waals surface area contributed by atoms with Crippen LogP contribution in [0.25, 0.3) is 0 Å². The molecule has 30 heavy (non-hydrogen) atoms. The Morgan fingerprint density at radius 3 is 2.70 bits per heavy atom. The van der Waals surface area contributed by atoms with Crippen LogP contribution in [0.5, 0.6) is 0 Å². The highest BCUT2D eigenvalue weighted by atomic mass is 79.9.